The van der Waals surface area contributed by atoms with Crippen LogP contribution in [-0.4, -0.2) is 46.0 Å². The number of sulfonamides is 1. The van der Waals surface area contributed by atoms with Crippen LogP contribution in [0.25, 0.3) is 0 Å². The summed E-state index contributed by atoms with van der Waals surface area (Å²) in [7, 11) is -2.63. The SMILES string of the molecule is CN(Cc1ccccn1)S(=O)(=O)c1[nH]ncc1C(=O)O. The molecule has 2 aromatic heterocycles. The van der Waals surface area contributed by atoms with E-state index in [0.29, 0.717) is 5.69 Å². The summed E-state index contributed by atoms with van der Waals surface area (Å²) in [5.74, 6) is -1.36. The minimum absolute atomic E-state index is 0.0290. The van der Waals surface area contributed by atoms with E-state index in [1.807, 2.05) is 0 Å². The number of carbonyl (C=O) groups is 1. The van der Waals surface area contributed by atoms with Crippen LogP contribution in [0.4, 0.5) is 0 Å². The number of aromatic amines is 1. The third-order valence-corrected chi connectivity index (χ3v) is 4.39. The summed E-state index contributed by atoms with van der Waals surface area (Å²) in [4.78, 5) is 15.0. The minimum atomic E-state index is -3.98. The Morgan fingerprint density at radius 2 is 2.20 bits per heavy atom. The van der Waals surface area contributed by atoms with Crippen molar-refractivity contribution in [3.63, 3.8) is 0 Å². The zero-order chi connectivity index (χ0) is 14.8. The Bertz CT molecular complexity index is 711. The quantitative estimate of drug-likeness (QED) is 0.821. The molecular weight excluding hydrogens is 284 g/mol. The fourth-order valence-corrected chi connectivity index (χ4v) is 2.78. The molecule has 0 aliphatic heterocycles. The van der Waals surface area contributed by atoms with Crippen molar-refractivity contribution in [1.82, 2.24) is 19.5 Å². The lowest BCUT2D eigenvalue weighted by atomic mass is 10.3. The molecule has 0 aliphatic carbocycles. The Hall–Kier alpha value is -2.26. The van der Waals surface area contributed by atoms with Crippen molar-refractivity contribution in [2.24, 2.45) is 0 Å². The van der Waals surface area contributed by atoms with Crippen molar-refractivity contribution in [3.8, 4) is 0 Å². The Morgan fingerprint density at radius 3 is 2.80 bits per heavy atom. The average molecular weight is 296 g/mol. The number of nitrogens with one attached hydrogen (secondary N) is 1. The maximum atomic E-state index is 12.3. The number of pyridine rings is 1. The lowest BCUT2D eigenvalue weighted by Gasteiger charge is -2.15. The zero-order valence-electron chi connectivity index (χ0n) is 10.5. The minimum Gasteiger partial charge on any atom is -0.478 e. The van der Waals surface area contributed by atoms with Crippen molar-refractivity contribution in [2.45, 2.75) is 11.6 Å². The van der Waals surface area contributed by atoms with E-state index in [0.717, 1.165) is 10.5 Å². The summed E-state index contributed by atoms with van der Waals surface area (Å²) >= 11 is 0. The Labute approximate surface area is 115 Å². The van der Waals surface area contributed by atoms with Gasteiger partial charge < -0.3 is 5.11 Å². The number of carboxylic acids is 1. The molecule has 0 amide bonds. The first-order chi connectivity index (χ1) is 9.43. The molecule has 0 spiro atoms. The van der Waals surface area contributed by atoms with E-state index in [1.54, 1.807) is 24.4 Å². The molecule has 0 bridgehead atoms. The van der Waals surface area contributed by atoms with E-state index in [4.69, 9.17) is 5.11 Å². The van der Waals surface area contributed by atoms with Gasteiger partial charge in [-0.2, -0.15) is 9.40 Å². The van der Waals surface area contributed by atoms with Gasteiger partial charge in [-0.3, -0.25) is 10.1 Å². The van der Waals surface area contributed by atoms with Gasteiger partial charge in [-0.15, -0.1) is 0 Å². The normalized spacial score (nSPS) is 11.7. The third-order valence-electron chi connectivity index (χ3n) is 2.61. The lowest BCUT2D eigenvalue weighted by Crippen LogP contribution is -2.28. The largest absolute Gasteiger partial charge is 0.478 e. The van der Waals surface area contributed by atoms with Gasteiger partial charge in [0.2, 0.25) is 0 Å². The fourth-order valence-electron chi connectivity index (χ4n) is 1.58. The topological polar surface area (TPSA) is 116 Å². The van der Waals surface area contributed by atoms with Gasteiger partial charge >= 0.3 is 5.97 Å². The molecule has 2 aromatic rings. The summed E-state index contributed by atoms with van der Waals surface area (Å²) in [6, 6.07) is 5.13. The molecule has 0 unspecified atom stereocenters. The van der Waals surface area contributed by atoms with Crippen LogP contribution in [-0.2, 0) is 16.6 Å². The van der Waals surface area contributed by atoms with Crippen LogP contribution in [0, 0.1) is 0 Å². The van der Waals surface area contributed by atoms with Gasteiger partial charge in [-0.25, -0.2) is 13.2 Å². The standard InChI is InChI=1S/C11H12N4O4S/c1-15(7-8-4-2-3-5-12-8)20(18,19)10-9(11(16)17)6-13-14-10/h2-6H,7H2,1H3,(H,13,14)(H,16,17). The second kappa shape index (κ2) is 5.39. The zero-order valence-corrected chi connectivity index (χ0v) is 11.3. The monoisotopic (exact) mass is 296 g/mol. The number of aromatic nitrogens is 3. The number of nitrogens with zero attached hydrogens (tertiary/aromatic N) is 3. The van der Waals surface area contributed by atoms with E-state index in [-0.39, 0.29) is 6.54 Å². The van der Waals surface area contributed by atoms with Gasteiger partial charge in [0.1, 0.15) is 5.56 Å². The summed E-state index contributed by atoms with van der Waals surface area (Å²) in [5.41, 5.74) is 0.160. The predicted molar refractivity (Wildman–Crippen MR) is 68.4 cm³/mol. The number of hydrogen-bond acceptors (Lipinski definition) is 5. The van der Waals surface area contributed by atoms with E-state index in [1.165, 1.54) is 7.05 Å². The second-order valence-electron chi connectivity index (χ2n) is 4.00. The highest BCUT2D eigenvalue weighted by atomic mass is 32.2. The average Bonchev–Trinajstić information content (AvgIpc) is 2.89. The summed E-state index contributed by atoms with van der Waals surface area (Å²) in [6.45, 7) is 0.0290. The molecule has 0 radical (unpaired) electrons. The predicted octanol–water partition coefficient (Wildman–Crippen LogP) is 0.324. The van der Waals surface area contributed by atoms with E-state index < -0.39 is 26.6 Å². The van der Waals surface area contributed by atoms with Crippen molar-refractivity contribution in [2.75, 3.05) is 7.05 Å². The van der Waals surface area contributed by atoms with Crippen LogP contribution in [0.3, 0.4) is 0 Å². The molecule has 0 aromatic carbocycles. The maximum absolute atomic E-state index is 12.3. The molecule has 8 nitrogen and oxygen atoms in total. The van der Waals surface area contributed by atoms with Crippen molar-refractivity contribution >= 4 is 16.0 Å². The molecule has 0 saturated heterocycles. The number of carboxylic acid groups (broad SMARTS) is 1. The van der Waals surface area contributed by atoms with Gasteiger partial charge in [0, 0.05) is 13.2 Å². The van der Waals surface area contributed by atoms with Gasteiger partial charge in [0.15, 0.2) is 5.03 Å². The van der Waals surface area contributed by atoms with Crippen molar-refractivity contribution < 1.29 is 18.3 Å². The molecule has 106 valence electrons. The van der Waals surface area contributed by atoms with E-state index >= 15 is 0 Å². The van der Waals surface area contributed by atoms with Crippen LogP contribution >= 0.6 is 0 Å². The van der Waals surface area contributed by atoms with Crippen LogP contribution in [0.1, 0.15) is 16.1 Å². The Kier molecular flexibility index (Phi) is 3.81. The number of aromatic carboxylic acids is 1. The molecule has 0 aliphatic rings. The fraction of sp³-hybridized carbons (Fsp3) is 0.182. The Morgan fingerprint density at radius 1 is 1.45 bits per heavy atom. The molecule has 2 heterocycles. The van der Waals surface area contributed by atoms with Crippen LogP contribution in [0.15, 0.2) is 35.6 Å². The first-order valence-electron chi connectivity index (χ1n) is 5.56. The first kappa shape index (κ1) is 14.2. The summed E-state index contributed by atoms with van der Waals surface area (Å²) in [5, 5.41) is 14.2. The molecule has 20 heavy (non-hydrogen) atoms. The van der Waals surface area contributed by atoms with Crippen molar-refractivity contribution in [3.05, 3.63) is 41.9 Å². The first-order valence-corrected chi connectivity index (χ1v) is 7.00. The summed E-state index contributed by atoms with van der Waals surface area (Å²) in [6.07, 6.45) is 2.51. The third kappa shape index (κ3) is 2.68. The highest BCUT2D eigenvalue weighted by Crippen LogP contribution is 2.17. The molecule has 2 rings (SSSR count). The Balaban J connectivity index is 2.30. The number of H-pyrrole nitrogens is 1. The molecule has 0 saturated carbocycles. The summed E-state index contributed by atoms with van der Waals surface area (Å²) < 4.78 is 25.6. The maximum Gasteiger partial charge on any atom is 0.340 e. The van der Waals surface area contributed by atoms with Gasteiger partial charge in [0.05, 0.1) is 18.4 Å². The highest BCUT2D eigenvalue weighted by molar-refractivity contribution is 7.89. The number of rotatable bonds is 5. The van der Waals surface area contributed by atoms with Gasteiger partial charge in [0.25, 0.3) is 10.0 Å². The second-order valence-corrected chi connectivity index (χ2v) is 5.98. The van der Waals surface area contributed by atoms with E-state index in [2.05, 4.69) is 15.2 Å². The number of hydrogen-bond donors (Lipinski definition) is 2. The van der Waals surface area contributed by atoms with Crippen molar-refractivity contribution in [1.29, 1.82) is 0 Å². The highest BCUT2D eigenvalue weighted by Gasteiger charge is 2.29. The molecule has 0 atom stereocenters. The van der Waals surface area contributed by atoms with Crippen LogP contribution < -0.4 is 0 Å². The van der Waals surface area contributed by atoms with Gasteiger partial charge in [-0.05, 0) is 12.1 Å². The van der Waals surface area contributed by atoms with Crippen LogP contribution in [0.5, 0.6) is 0 Å². The molecular formula is C11H12N4O4S. The van der Waals surface area contributed by atoms with Gasteiger partial charge in [-0.1, -0.05) is 6.07 Å². The molecule has 2 N–H and O–H groups in total. The lowest BCUT2D eigenvalue weighted by molar-refractivity contribution is 0.0692. The smallest absolute Gasteiger partial charge is 0.340 e. The molecule has 9 heteroatoms. The van der Waals surface area contributed by atoms with Crippen LogP contribution in [0.2, 0.25) is 0 Å². The molecule has 0 fully saturated rings. The van der Waals surface area contributed by atoms with E-state index in [9.17, 15) is 13.2 Å².